The molecule has 0 amide bonds. The molecule has 0 unspecified atom stereocenters. The highest BCUT2D eigenvalue weighted by atomic mass is 16.5. The van der Waals surface area contributed by atoms with Crippen molar-refractivity contribution in [2.45, 2.75) is 26.2 Å². The summed E-state index contributed by atoms with van der Waals surface area (Å²) < 4.78 is 5.81. The average Bonchev–Trinajstić information content (AvgIpc) is 2.73. The fourth-order valence-corrected chi connectivity index (χ4v) is 2.72. The maximum Gasteiger partial charge on any atom is 0.193 e. The van der Waals surface area contributed by atoms with Gasteiger partial charge in [-0.1, -0.05) is 30.3 Å². The zero-order chi connectivity index (χ0) is 13.9. The molecule has 0 bridgehead atoms. The molecular weight excluding hydrogens is 248 g/mol. The number of hydrogen-bond donors (Lipinski definition) is 0. The standard InChI is InChI=1S/C18H18O2/c1-13-11-16(17(19)14-7-3-2-4-8-14)12-15-9-5-6-10-20-18(13)15/h2-4,7-8,11-12H,5-6,9-10H2,1H3. The van der Waals surface area contributed by atoms with E-state index in [1.165, 1.54) is 5.56 Å². The van der Waals surface area contributed by atoms with Gasteiger partial charge in [-0.2, -0.15) is 0 Å². The van der Waals surface area contributed by atoms with Crippen molar-refractivity contribution in [3.05, 3.63) is 64.7 Å². The number of hydrogen-bond acceptors (Lipinski definition) is 2. The van der Waals surface area contributed by atoms with Crippen LogP contribution in [-0.4, -0.2) is 12.4 Å². The molecule has 20 heavy (non-hydrogen) atoms. The lowest BCUT2D eigenvalue weighted by Gasteiger charge is -2.12. The van der Waals surface area contributed by atoms with Crippen LogP contribution in [0.25, 0.3) is 0 Å². The van der Waals surface area contributed by atoms with Crippen molar-refractivity contribution in [3.63, 3.8) is 0 Å². The van der Waals surface area contributed by atoms with Crippen LogP contribution < -0.4 is 4.74 Å². The Bertz CT molecular complexity index is 629. The number of carbonyl (C=O) groups excluding carboxylic acids is 1. The molecule has 0 saturated heterocycles. The molecule has 1 aliphatic rings. The molecule has 0 radical (unpaired) electrons. The summed E-state index contributed by atoms with van der Waals surface area (Å²) in [5.41, 5.74) is 3.73. The molecule has 0 atom stereocenters. The first-order valence-corrected chi connectivity index (χ1v) is 7.12. The smallest absolute Gasteiger partial charge is 0.193 e. The number of fused-ring (bicyclic) bond motifs is 1. The SMILES string of the molecule is Cc1cc(C(=O)c2ccccc2)cc2c1OCCCC2. The number of ketones is 1. The van der Waals surface area contributed by atoms with Crippen LogP contribution >= 0.6 is 0 Å². The molecule has 0 N–H and O–H groups in total. The molecule has 2 aromatic carbocycles. The number of aryl methyl sites for hydroxylation is 2. The van der Waals surface area contributed by atoms with Gasteiger partial charge in [-0.3, -0.25) is 4.79 Å². The summed E-state index contributed by atoms with van der Waals surface area (Å²) in [4.78, 5) is 12.5. The Hall–Kier alpha value is -2.09. The van der Waals surface area contributed by atoms with Crippen LogP contribution in [0.2, 0.25) is 0 Å². The normalized spacial score (nSPS) is 14.1. The third-order valence-electron chi connectivity index (χ3n) is 3.74. The quantitative estimate of drug-likeness (QED) is 0.770. The molecule has 3 rings (SSSR count). The summed E-state index contributed by atoms with van der Waals surface area (Å²) in [6, 6.07) is 13.4. The fraction of sp³-hybridized carbons (Fsp3) is 0.278. The van der Waals surface area contributed by atoms with E-state index >= 15 is 0 Å². The Morgan fingerprint density at radius 2 is 1.85 bits per heavy atom. The Labute approximate surface area is 119 Å². The van der Waals surface area contributed by atoms with Gasteiger partial charge in [0.1, 0.15) is 5.75 Å². The zero-order valence-corrected chi connectivity index (χ0v) is 11.7. The molecule has 0 spiro atoms. The van der Waals surface area contributed by atoms with Crippen molar-refractivity contribution in [2.24, 2.45) is 0 Å². The number of rotatable bonds is 2. The van der Waals surface area contributed by atoms with Crippen molar-refractivity contribution in [1.29, 1.82) is 0 Å². The van der Waals surface area contributed by atoms with Gasteiger partial charge in [0.15, 0.2) is 5.78 Å². The van der Waals surface area contributed by atoms with E-state index in [2.05, 4.69) is 0 Å². The van der Waals surface area contributed by atoms with Crippen LogP contribution in [0, 0.1) is 6.92 Å². The summed E-state index contributed by atoms with van der Waals surface area (Å²) in [6.07, 6.45) is 3.19. The number of ether oxygens (including phenoxy) is 1. The molecule has 102 valence electrons. The molecule has 2 aromatic rings. The first-order valence-electron chi connectivity index (χ1n) is 7.12. The first-order chi connectivity index (χ1) is 9.75. The number of carbonyl (C=O) groups is 1. The molecule has 2 nitrogen and oxygen atoms in total. The van der Waals surface area contributed by atoms with Crippen LogP contribution in [-0.2, 0) is 6.42 Å². The Kier molecular flexibility index (Phi) is 3.55. The summed E-state index contributed by atoms with van der Waals surface area (Å²) in [5, 5.41) is 0. The summed E-state index contributed by atoms with van der Waals surface area (Å²) in [7, 11) is 0. The van der Waals surface area contributed by atoms with Crippen molar-refractivity contribution < 1.29 is 9.53 Å². The van der Waals surface area contributed by atoms with Crippen LogP contribution in [0.4, 0.5) is 0 Å². The first kappa shape index (κ1) is 12.9. The molecule has 2 heteroatoms. The van der Waals surface area contributed by atoms with E-state index < -0.39 is 0 Å². The van der Waals surface area contributed by atoms with Crippen molar-refractivity contribution >= 4 is 5.78 Å². The second-order valence-corrected chi connectivity index (χ2v) is 5.28. The monoisotopic (exact) mass is 266 g/mol. The largest absolute Gasteiger partial charge is 0.493 e. The van der Waals surface area contributed by atoms with Gasteiger partial charge in [0, 0.05) is 11.1 Å². The Morgan fingerprint density at radius 3 is 2.65 bits per heavy atom. The second-order valence-electron chi connectivity index (χ2n) is 5.28. The third-order valence-corrected chi connectivity index (χ3v) is 3.74. The minimum Gasteiger partial charge on any atom is -0.493 e. The van der Waals surface area contributed by atoms with Gasteiger partial charge < -0.3 is 4.74 Å². The predicted molar refractivity (Wildman–Crippen MR) is 79.5 cm³/mol. The van der Waals surface area contributed by atoms with E-state index in [0.717, 1.165) is 48.3 Å². The molecule has 0 aromatic heterocycles. The lowest BCUT2D eigenvalue weighted by atomic mass is 9.96. The van der Waals surface area contributed by atoms with Crippen molar-refractivity contribution in [3.8, 4) is 5.75 Å². The molecule has 1 aliphatic heterocycles. The molecule has 0 aliphatic carbocycles. The average molecular weight is 266 g/mol. The maximum atomic E-state index is 12.5. The minimum absolute atomic E-state index is 0.0840. The molecule has 0 saturated carbocycles. The van der Waals surface area contributed by atoms with Gasteiger partial charge in [-0.05, 0) is 49.4 Å². The Morgan fingerprint density at radius 1 is 1.05 bits per heavy atom. The van der Waals surface area contributed by atoms with Crippen LogP contribution in [0.15, 0.2) is 42.5 Å². The van der Waals surface area contributed by atoms with E-state index in [9.17, 15) is 4.79 Å². The van der Waals surface area contributed by atoms with E-state index in [4.69, 9.17) is 4.74 Å². The minimum atomic E-state index is 0.0840. The Balaban J connectivity index is 2.01. The van der Waals surface area contributed by atoms with E-state index in [1.54, 1.807) is 0 Å². The summed E-state index contributed by atoms with van der Waals surface area (Å²) in [6.45, 7) is 2.80. The number of benzene rings is 2. The maximum absolute atomic E-state index is 12.5. The van der Waals surface area contributed by atoms with Gasteiger partial charge >= 0.3 is 0 Å². The summed E-state index contributed by atoms with van der Waals surface area (Å²) in [5.74, 6) is 1.06. The van der Waals surface area contributed by atoms with Crippen LogP contribution in [0.1, 0.15) is 39.9 Å². The van der Waals surface area contributed by atoms with Crippen LogP contribution in [0.3, 0.4) is 0 Å². The van der Waals surface area contributed by atoms with Gasteiger partial charge in [0.25, 0.3) is 0 Å². The molecular formula is C18H18O2. The summed E-state index contributed by atoms with van der Waals surface area (Å²) >= 11 is 0. The molecule has 1 heterocycles. The van der Waals surface area contributed by atoms with E-state index in [-0.39, 0.29) is 5.78 Å². The van der Waals surface area contributed by atoms with Crippen LogP contribution in [0.5, 0.6) is 5.75 Å². The predicted octanol–water partition coefficient (Wildman–Crippen LogP) is 3.94. The fourth-order valence-electron chi connectivity index (χ4n) is 2.72. The van der Waals surface area contributed by atoms with Gasteiger partial charge in [0.05, 0.1) is 6.61 Å². The zero-order valence-electron chi connectivity index (χ0n) is 11.7. The van der Waals surface area contributed by atoms with Crippen molar-refractivity contribution in [2.75, 3.05) is 6.61 Å². The van der Waals surface area contributed by atoms with Crippen molar-refractivity contribution in [1.82, 2.24) is 0 Å². The van der Waals surface area contributed by atoms with Gasteiger partial charge in [0.2, 0.25) is 0 Å². The lowest BCUT2D eigenvalue weighted by Crippen LogP contribution is -2.04. The second kappa shape index (κ2) is 5.49. The highest BCUT2D eigenvalue weighted by molar-refractivity contribution is 6.09. The van der Waals surface area contributed by atoms with E-state index in [1.807, 2.05) is 49.4 Å². The highest BCUT2D eigenvalue weighted by Gasteiger charge is 2.16. The van der Waals surface area contributed by atoms with Gasteiger partial charge in [-0.25, -0.2) is 0 Å². The highest BCUT2D eigenvalue weighted by Crippen LogP contribution is 2.30. The molecule has 0 fully saturated rings. The topological polar surface area (TPSA) is 26.3 Å². The third kappa shape index (κ3) is 2.46. The lowest BCUT2D eigenvalue weighted by molar-refractivity contribution is 0.103. The van der Waals surface area contributed by atoms with Gasteiger partial charge in [-0.15, -0.1) is 0 Å². The van der Waals surface area contributed by atoms with E-state index in [0.29, 0.717) is 0 Å².